The lowest BCUT2D eigenvalue weighted by Crippen LogP contribution is -2.12. The average molecular weight is 227 g/mol. The van der Waals surface area contributed by atoms with Gasteiger partial charge in [-0.25, -0.2) is 0 Å². The summed E-state index contributed by atoms with van der Waals surface area (Å²) in [6, 6.07) is -0.110. The summed E-state index contributed by atoms with van der Waals surface area (Å²) in [5.41, 5.74) is 6.12. The normalized spacial score (nSPS) is 20.2. The molecule has 1 aromatic heterocycles. The molecule has 4 nitrogen and oxygen atoms in total. The Kier molecular flexibility index (Phi) is 3.02. The molecule has 0 aromatic carbocycles. The molecule has 2 rings (SSSR count). The van der Waals surface area contributed by atoms with Gasteiger partial charge in [-0.05, 0) is 31.3 Å². The van der Waals surface area contributed by atoms with Crippen molar-refractivity contribution in [2.45, 2.75) is 37.6 Å². The second kappa shape index (κ2) is 4.14. The number of thioether (sulfide) groups is 1. The van der Waals surface area contributed by atoms with Gasteiger partial charge in [-0.2, -0.15) is 16.7 Å². The Bertz CT molecular complexity index is 335. The van der Waals surface area contributed by atoms with E-state index in [1.165, 1.54) is 0 Å². The molecule has 1 heterocycles. The molecule has 0 amide bonds. The van der Waals surface area contributed by atoms with E-state index in [-0.39, 0.29) is 11.5 Å². The van der Waals surface area contributed by atoms with Crippen LogP contribution in [0.5, 0.6) is 0 Å². The molecule has 2 N–H and O–H groups in total. The Labute approximate surface area is 94.0 Å². The number of nitrogens with two attached hydrogens (primary N) is 1. The first kappa shape index (κ1) is 11.0. The summed E-state index contributed by atoms with van der Waals surface area (Å²) in [6.45, 7) is 2.16. The quantitative estimate of drug-likeness (QED) is 0.832. The second-order valence-corrected chi connectivity index (χ2v) is 5.39. The molecule has 0 radical (unpaired) electrons. The third-order valence-electron chi connectivity index (χ3n) is 2.93. The maximum atomic E-state index is 5.95. The van der Waals surface area contributed by atoms with E-state index in [4.69, 9.17) is 10.3 Å². The summed E-state index contributed by atoms with van der Waals surface area (Å²) in [6.07, 6.45) is 5.27. The zero-order valence-electron chi connectivity index (χ0n) is 9.19. The van der Waals surface area contributed by atoms with Crippen LogP contribution in [0.25, 0.3) is 0 Å². The molecule has 5 heteroatoms. The molecule has 0 spiro atoms. The summed E-state index contributed by atoms with van der Waals surface area (Å²) < 4.78 is 5.19. The molecule has 0 aliphatic heterocycles. The van der Waals surface area contributed by atoms with Crippen molar-refractivity contribution in [2.75, 3.05) is 12.0 Å². The van der Waals surface area contributed by atoms with Gasteiger partial charge in [0.25, 0.3) is 0 Å². The molecule has 0 bridgehead atoms. The SMILES string of the molecule is CSCCC(N)c1nc(C2(C)CC2)no1. The van der Waals surface area contributed by atoms with Crippen LogP contribution in [-0.4, -0.2) is 22.1 Å². The first-order chi connectivity index (χ1) is 7.15. The van der Waals surface area contributed by atoms with Crippen LogP contribution in [0.4, 0.5) is 0 Å². The minimum Gasteiger partial charge on any atom is -0.338 e. The number of rotatable bonds is 5. The van der Waals surface area contributed by atoms with Gasteiger partial charge in [-0.1, -0.05) is 12.1 Å². The molecule has 15 heavy (non-hydrogen) atoms. The smallest absolute Gasteiger partial charge is 0.243 e. The standard InChI is InChI=1S/C10H17N3OS/c1-10(4-5-10)9-12-8(14-13-9)7(11)3-6-15-2/h7H,3-6,11H2,1-2H3. The van der Waals surface area contributed by atoms with E-state index in [0.29, 0.717) is 5.89 Å². The fourth-order valence-corrected chi connectivity index (χ4v) is 1.90. The van der Waals surface area contributed by atoms with Crippen molar-refractivity contribution in [3.63, 3.8) is 0 Å². The monoisotopic (exact) mass is 227 g/mol. The molecule has 1 atom stereocenters. The largest absolute Gasteiger partial charge is 0.338 e. The molecular weight excluding hydrogens is 210 g/mol. The molecule has 1 aliphatic rings. The van der Waals surface area contributed by atoms with Crippen LogP contribution in [0, 0.1) is 0 Å². The van der Waals surface area contributed by atoms with Crippen molar-refractivity contribution in [1.82, 2.24) is 10.1 Å². The molecule has 1 unspecified atom stereocenters. The highest BCUT2D eigenvalue weighted by Gasteiger charge is 2.43. The summed E-state index contributed by atoms with van der Waals surface area (Å²) in [4.78, 5) is 4.38. The molecule has 84 valence electrons. The lowest BCUT2D eigenvalue weighted by molar-refractivity contribution is 0.346. The van der Waals surface area contributed by atoms with Crippen LogP contribution in [0.3, 0.4) is 0 Å². The highest BCUT2D eigenvalue weighted by molar-refractivity contribution is 7.98. The summed E-state index contributed by atoms with van der Waals surface area (Å²) >= 11 is 1.78. The molecular formula is C10H17N3OS. The maximum Gasteiger partial charge on any atom is 0.243 e. The van der Waals surface area contributed by atoms with E-state index in [2.05, 4.69) is 23.3 Å². The van der Waals surface area contributed by atoms with Crippen molar-refractivity contribution in [3.8, 4) is 0 Å². The lowest BCUT2D eigenvalue weighted by atomic mass is 10.1. The van der Waals surface area contributed by atoms with Gasteiger partial charge in [0.2, 0.25) is 5.89 Å². The fraction of sp³-hybridized carbons (Fsp3) is 0.800. The van der Waals surface area contributed by atoms with Gasteiger partial charge in [-0.3, -0.25) is 0 Å². The van der Waals surface area contributed by atoms with Gasteiger partial charge in [0, 0.05) is 5.41 Å². The summed E-state index contributed by atoms with van der Waals surface area (Å²) in [5.74, 6) is 2.44. The average Bonchev–Trinajstić information content (AvgIpc) is 2.82. The molecule has 1 aliphatic carbocycles. The van der Waals surface area contributed by atoms with E-state index in [1.54, 1.807) is 11.8 Å². The Morgan fingerprint density at radius 2 is 2.33 bits per heavy atom. The Morgan fingerprint density at radius 1 is 1.60 bits per heavy atom. The highest BCUT2D eigenvalue weighted by Crippen LogP contribution is 2.46. The van der Waals surface area contributed by atoms with Crippen LogP contribution in [0.1, 0.15) is 43.9 Å². The van der Waals surface area contributed by atoms with Crippen LogP contribution in [-0.2, 0) is 5.41 Å². The molecule has 1 aromatic rings. The summed E-state index contributed by atoms with van der Waals surface area (Å²) in [7, 11) is 0. The Balaban J connectivity index is 2.00. The van der Waals surface area contributed by atoms with Crippen LogP contribution in [0.2, 0.25) is 0 Å². The third-order valence-corrected chi connectivity index (χ3v) is 3.58. The molecule has 1 fully saturated rings. The predicted octanol–water partition coefficient (Wildman–Crippen LogP) is 1.87. The van der Waals surface area contributed by atoms with Gasteiger partial charge in [0.15, 0.2) is 5.82 Å². The van der Waals surface area contributed by atoms with Gasteiger partial charge in [0.05, 0.1) is 6.04 Å². The minimum atomic E-state index is -0.110. The van der Waals surface area contributed by atoms with E-state index in [0.717, 1.165) is 30.8 Å². The summed E-state index contributed by atoms with van der Waals surface area (Å²) in [5, 5.41) is 4.01. The van der Waals surface area contributed by atoms with Crippen molar-refractivity contribution in [3.05, 3.63) is 11.7 Å². The van der Waals surface area contributed by atoms with Crippen LogP contribution >= 0.6 is 11.8 Å². The van der Waals surface area contributed by atoms with Gasteiger partial charge in [-0.15, -0.1) is 0 Å². The van der Waals surface area contributed by atoms with Gasteiger partial charge in [0.1, 0.15) is 0 Å². The fourth-order valence-electron chi connectivity index (χ4n) is 1.41. The number of nitrogens with zero attached hydrogens (tertiary/aromatic N) is 2. The maximum absolute atomic E-state index is 5.95. The van der Waals surface area contributed by atoms with Crippen molar-refractivity contribution < 1.29 is 4.52 Å². The highest BCUT2D eigenvalue weighted by atomic mass is 32.2. The van der Waals surface area contributed by atoms with Crippen molar-refractivity contribution >= 4 is 11.8 Å². The van der Waals surface area contributed by atoms with Crippen LogP contribution in [0.15, 0.2) is 4.52 Å². The predicted molar refractivity (Wildman–Crippen MR) is 60.8 cm³/mol. The zero-order chi connectivity index (χ0) is 10.9. The number of hydrogen-bond donors (Lipinski definition) is 1. The lowest BCUT2D eigenvalue weighted by Gasteiger charge is -2.04. The van der Waals surface area contributed by atoms with E-state index >= 15 is 0 Å². The third kappa shape index (κ3) is 2.34. The van der Waals surface area contributed by atoms with Gasteiger partial charge < -0.3 is 10.3 Å². The van der Waals surface area contributed by atoms with Crippen molar-refractivity contribution in [1.29, 1.82) is 0 Å². The number of aromatic nitrogens is 2. The first-order valence-corrected chi connectivity index (χ1v) is 6.64. The number of hydrogen-bond acceptors (Lipinski definition) is 5. The Hall–Kier alpha value is -0.550. The molecule has 0 saturated heterocycles. The second-order valence-electron chi connectivity index (χ2n) is 4.40. The topological polar surface area (TPSA) is 64.9 Å². The Morgan fingerprint density at radius 3 is 2.93 bits per heavy atom. The van der Waals surface area contributed by atoms with Crippen molar-refractivity contribution in [2.24, 2.45) is 5.73 Å². The minimum absolute atomic E-state index is 0.110. The van der Waals surface area contributed by atoms with E-state index < -0.39 is 0 Å². The molecule has 1 saturated carbocycles. The van der Waals surface area contributed by atoms with E-state index in [9.17, 15) is 0 Å². The van der Waals surface area contributed by atoms with E-state index in [1.807, 2.05) is 0 Å². The van der Waals surface area contributed by atoms with Crippen LogP contribution < -0.4 is 5.73 Å². The van der Waals surface area contributed by atoms with Gasteiger partial charge >= 0.3 is 0 Å². The first-order valence-electron chi connectivity index (χ1n) is 5.24. The zero-order valence-corrected chi connectivity index (χ0v) is 10.0.